The van der Waals surface area contributed by atoms with Crippen LogP contribution in [0.3, 0.4) is 0 Å². The average molecular weight is 249 g/mol. The lowest BCUT2D eigenvalue weighted by molar-refractivity contribution is 0.239. The zero-order valence-electron chi connectivity index (χ0n) is 11.7. The standard InChI is InChI=1S/C15H23NO2/c1-11(2)9-12(3)10-18-15-7-5-14(6-8-15)13(4)16-17/h5-8,11-12,17H,9-10H2,1-4H3/b16-13+. The van der Waals surface area contributed by atoms with Crippen molar-refractivity contribution in [2.24, 2.45) is 17.0 Å². The first-order valence-electron chi connectivity index (χ1n) is 6.44. The second-order valence-electron chi connectivity index (χ2n) is 5.26. The Bertz CT molecular complexity index is 382. The molecule has 0 aliphatic carbocycles. The maximum absolute atomic E-state index is 8.67. The molecule has 0 aliphatic heterocycles. The maximum Gasteiger partial charge on any atom is 0.119 e. The number of ether oxygens (including phenoxy) is 1. The van der Waals surface area contributed by atoms with Crippen molar-refractivity contribution in [2.75, 3.05) is 6.61 Å². The quantitative estimate of drug-likeness (QED) is 0.471. The summed E-state index contributed by atoms with van der Waals surface area (Å²) < 4.78 is 5.73. The Morgan fingerprint density at radius 3 is 2.33 bits per heavy atom. The monoisotopic (exact) mass is 249 g/mol. The third kappa shape index (κ3) is 4.78. The Labute approximate surface area is 109 Å². The molecule has 3 heteroatoms. The molecule has 0 bridgehead atoms. The Morgan fingerprint density at radius 2 is 1.83 bits per heavy atom. The molecule has 3 nitrogen and oxygen atoms in total. The van der Waals surface area contributed by atoms with Crippen LogP contribution < -0.4 is 4.74 Å². The number of benzene rings is 1. The Balaban J connectivity index is 2.49. The molecule has 100 valence electrons. The van der Waals surface area contributed by atoms with Gasteiger partial charge in [-0.3, -0.25) is 0 Å². The van der Waals surface area contributed by atoms with E-state index in [0.29, 0.717) is 17.5 Å². The largest absolute Gasteiger partial charge is 0.493 e. The van der Waals surface area contributed by atoms with E-state index in [2.05, 4.69) is 25.9 Å². The van der Waals surface area contributed by atoms with E-state index in [1.165, 1.54) is 6.42 Å². The summed E-state index contributed by atoms with van der Waals surface area (Å²) in [5, 5.41) is 11.8. The summed E-state index contributed by atoms with van der Waals surface area (Å²) in [6.07, 6.45) is 1.17. The summed E-state index contributed by atoms with van der Waals surface area (Å²) in [6.45, 7) is 9.16. The van der Waals surface area contributed by atoms with Crippen LogP contribution in [0.1, 0.15) is 39.7 Å². The second kappa shape index (κ2) is 7.04. The van der Waals surface area contributed by atoms with Gasteiger partial charge in [-0.05, 0) is 55.0 Å². The molecule has 1 N–H and O–H groups in total. The van der Waals surface area contributed by atoms with Crippen LogP contribution in [0, 0.1) is 11.8 Å². The number of hydrogen-bond acceptors (Lipinski definition) is 3. The molecule has 1 unspecified atom stereocenters. The van der Waals surface area contributed by atoms with Crippen molar-refractivity contribution in [3.63, 3.8) is 0 Å². The van der Waals surface area contributed by atoms with Crippen LogP contribution in [0.25, 0.3) is 0 Å². The molecule has 0 aliphatic rings. The van der Waals surface area contributed by atoms with E-state index in [9.17, 15) is 0 Å². The molecule has 0 amide bonds. The highest BCUT2D eigenvalue weighted by atomic mass is 16.5. The Morgan fingerprint density at radius 1 is 1.22 bits per heavy atom. The van der Waals surface area contributed by atoms with Gasteiger partial charge in [0.25, 0.3) is 0 Å². The lowest BCUT2D eigenvalue weighted by atomic mass is 10.00. The molecule has 18 heavy (non-hydrogen) atoms. The van der Waals surface area contributed by atoms with E-state index < -0.39 is 0 Å². The predicted molar refractivity (Wildman–Crippen MR) is 74.6 cm³/mol. The highest BCUT2D eigenvalue weighted by Crippen LogP contribution is 2.16. The lowest BCUT2D eigenvalue weighted by Gasteiger charge is -2.15. The molecule has 0 aromatic heterocycles. The smallest absolute Gasteiger partial charge is 0.119 e. The fraction of sp³-hybridized carbons (Fsp3) is 0.533. The van der Waals surface area contributed by atoms with E-state index in [1.54, 1.807) is 6.92 Å². The molecule has 0 radical (unpaired) electrons. The van der Waals surface area contributed by atoms with Crippen molar-refractivity contribution in [1.82, 2.24) is 0 Å². The van der Waals surface area contributed by atoms with Crippen LogP contribution in [-0.4, -0.2) is 17.5 Å². The molecule has 0 fully saturated rings. The van der Waals surface area contributed by atoms with Gasteiger partial charge in [0.15, 0.2) is 0 Å². The minimum Gasteiger partial charge on any atom is -0.493 e. The molecule has 1 aromatic rings. The zero-order valence-corrected chi connectivity index (χ0v) is 11.7. The molecule has 0 saturated heterocycles. The van der Waals surface area contributed by atoms with Crippen molar-refractivity contribution >= 4 is 5.71 Å². The first kappa shape index (κ1) is 14.6. The zero-order chi connectivity index (χ0) is 13.5. The van der Waals surface area contributed by atoms with Gasteiger partial charge in [0, 0.05) is 0 Å². The lowest BCUT2D eigenvalue weighted by Crippen LogP contribution is -2.11. The van der Waals surface area contributed by atoms with Crippen molar-refractivity contribution in [3.8, 4) is 5.75 Å². The minimum atomic E-state index is 0.561. The van der Waals surface area contributed by atoms with Crippen LogP contribution >= 0.6 is 0 Å². The predicted octanol–water partition coefficient (Wildman–Crippen LogP) is 3.95. The average Bonchev–Trinajstić information content (AvgIpc) is 2.35. The SMILES string of the molecule is C/C(=N\O)c1ccc(OCC(C)CC(C)C)cc1. The minimum absolute atomic E-state index is 0.561. The van der Waals surface area contributed by atoms with Crippen LogP contribution in [-0.2, 0) is 0 Å². The summed E-state index contributed by atoms with van der Waals surface area (Å²) >= 11 is 0. The topological polar surface area (TPSA) is 41.8 Å². The van der Waals surface area contributed by atoms with E-state index in [4.69, 9.17) is 9.94 Å². The third-order valence-electron chi connectivity index (χ3n) is 2.83. The Hall–Kier alpha value is -1.51. The fourth-order valence-electron chi connectivity index (χ4n) is 1.96. The molecular formula is C15H23NO2. The van der Waals surface area contributed by atoms with Gasteiger partial charge in [-0.1, -0.05) is 25.9 Å². The molecule has 1 aromatic carbocycles. The first-order chi connectivity index (χ1) is 8.52. The first-order valence-corrected chi connectivity index (χ1v) is 6.44. The van der Waals surface area contributed by atoms with Crippen LogP contribution in [0.4, 0.5) is 0 Å². The maximum atomic E-state index is 8.67. The summed E-state index contributed by atoms with van der Waals surface area (Å²) in [4.78, 5) is 0. The Kier molecular flexibility index (Phi) is 5.69. The van der Waals surface area contributed by atoms with Gasteiger partial charge in [0.1, 0.15) is 5.75 Å². The van der Waals surface area contributed by atoms with Gasteiger partial charge < -0.3 is 9.94 Å². The normalized spacial score (nSPS) is 13.7. The van der Waals surface area contributed by atoms with Crippen molar-refractivity contribution in [3.05, 3.63) is 29.8 Å². The molecule has 0 spiro atoms. The van der Waals surface area contributed by atoms with Crippen LogP contribution in [0.2, 0.25) is 0 Å². The van der Waals surface area contributed by atoms with Gasteiger partial charge in [0.2, 0.25) is 0 Å². The van der Waals surface area contributed by atoms with Gasteiger partial charge in [0.05, 0.1) is 12.3 Å². The summed E-state index contributed by atoms with van der Waals surface area (Å²) in [5.74, 6) is 2.12. The van der Waals surface area contributed by atoms with Gasteiger partial charge in [-0.2, -0.15) is 0 Å². The fourth-order valence-corrected chi connectivity index (χ4v) is 1.96. The van der Waals surface area contributed by atoms with Crippen LogP contribution in [0.15, 0.2) is 29.4 Å². The van der Waals surface area contributed by atoms with Crippen molar-refractivity contribution in [2.45, 2.75) is 34.1 Å². The molecule has 0 saturated carbocycles. The van der Waals surface area contributed by atoms with Gasteiger partial charge in [-0.25, -0.2) is 0 Å². The van der Waals surface area contributed by atoms with Gasteiger partial charge >= 0.3 is 0 Å². The van der Waals surface area contributed by atoms with Crippen molar-refractivity contribution < 1.29 is 9.94 Å². The summed E-state index contributed by atoms with van der Waals surface area (Å²) in [7, 11) is 0. The number of nitrogens with zero attached hydrogens (tertiary/aromatic N) is 1. The van der Waals surface area contributed by atoms with Crippen molar-refractivity contribution in [1.29, 1.82) is 0 Å². The summed E-state index contributed by atoms with van der Waals surface area (Å²) in [6, 6.07) is 7.62. The van der Waals surface area contributed by atoms with E-state index in [1.807, 2.05) is 24.3 Å². The highest BCUT2D eigenvalue weighted by molar-refractivity contribution is 5.98. The molecule has 1 rings (SSSR count). The number of oxime groups is 1. The molecular weight excluding hydrogens is 226 g/mol. The highest BCUT2D eigenvalue weighted by Gasteiger charge is 2.06. The van der Waals surface area contributed by atoms with Crippen LogP contribution in [0.5, 0.6) is 5.75 Å². The number of rotatable bonds is 6. The second-order valence-corrected chi connectivity index (χ2v) is 5.26. The molecule has 0 heterocycles. The van der Waals surface area contributed by atoms with E-state index in [0.717, 1.165) is 17.9 Å². The third-order valence-corrected chi connectivity index (χ3v) is 2.83. The number of hydrogen-bond donors (Lipinski definition) is 1. The van der Waals surface area contributed by atoms with E-state index >= 15 is 0 Å². The summed E-state index contributed by atoms with van der Waals surface area (Å²) in [5.41, 5.74) is 1.51. The van der Waals surface area contributed by atoms with Gasteiger partial charge in [-0.15, -0.1) is 0 Å². The van der Waals surface area contributed by atoms with E-state index in [-0.39, 0.29) is 0 Å². The molecule has 1 atom stereocenters.